The quantitative estimate of drug-likeness (QED) is 0.814. The summed E-state index contributed by atoms with van der Waals surface area (Å²) in [6, 6.07) is 11.1. The Morgan fingerprint density at radius 2 is 1.91 bits per heavy atom. The molecule has 0 amide bonds. The molecule has 1 aromatic heterocycles. The lowest BCUT2D eigenvalue weighted by atomic mass is 10.2. The zero-order chi connectivity index (χ0) is 16.4. The molecule has 1 atom stereocenters. The van der Waals surface area contributed by atoms with Gasteiger partial charge >= 0.3 is 0 Å². The van der Waals surface area contributed by atoms with Gasteiger partial charge in [-0.05, 0) is 38.0 Å². The monoisotopic (exact) mass is 334 g/mol. The summed E-state index contributed by atoms with van der Waals surface area (Å²) < 4.78 is 41.1. The molecule has 3 rings (SSSR count). The molecule has 4 nitrogen and oxygen atoms in total. The molecule has 0 N–H and O–H groups in total. The van der Waals surface area contributed by atoms with E-state index in [1.165, 1.54) is 16.4 Å². The first-order valence-electron chi connectivity index (χ1n) is 7.64. The van der Waals surface area contributed by atoms with Crippen LogP contribution in [0.15, 0.2) is 48.7 Å². The van der Waals surface area contributed by atoms with Gasteiger partial charge in [0.1, 0.15) is 5.82 Å². The van der Waals surface area contributed by atoms with Crippen LogP contribution in [-0.2, 0) is 15.8 Å². The fourth-order valence-electron chi connectivity index (χ4n) is 2.75. The van der Waals surface area contributed by atoms with Gasteiger partial charge in [-0.15, -0.1) is 0 Å². The van der Waals surface area contributed by atoms with Gasteiger partial charge in [-0.25, -0.2) is 12.8 Å². The lowest BCUT2D eigenvalue weighted by Gasteiger charge is -2.28. The van der Waals surface area contributed by atoms with E-state index in [0.717, 1.165) is 12.8 Å². The largest absolute Gasteiger partial charge is 0.260 e. The van der Waals surface area contributed by atoms with E-state index < -0.39 is 15.8 Å². The highest BCUT2D eigenvalue weighted by molar-refractivity contribution is 7.88. The maximum Gasteiger partial charge on any atom is 0.219 e. The number of rotatable bonds is 6. The van der Waals surface area contributed by atoms with E-state index in [4.69, 9.17) is 0 Å². The summed E-state index contributed by atoms with van der Waals surface area (Å²) in [7, 11) is -3.63. The third-order valence-electron chi connectivity index (χ3n) is 4.02. The number of benzene rings is 1. The summed E-state index contributed by atoms with van der Waals surface area (Å²) in [5.41, 5.74) is 0.905. The summed E-state index contributed by atoms with van der Waals surface area (Å²) in [5, 5.41) is 0. The normalized spacial score (nSPS) is 16.5. The summed E-state index contributed by atoms with van der Waals surface area (Å²) in [6.45, 7) is 1.83. The zero-order valence-electron chi connectivity index (χ0n) is 12.9. The molecular formula is C17H19FN2O2S. The highest BCUT2D eigenvalue weighted by atomic mass is 32.2. The molecule has 1 aliphatic rings. The number of hydrogen-bond acceptors (Lipinski definition) is 3. The number of halogens is 1. The molecule has 1 saturated carbocycles. The Hall–Kier alpha value is -1.79. The van der Waals surface area contributed by atoms with E-state index in [1.807, 2.05) is 19.1 Å². The average Bonchev–Trinajstić information content (AvgIpc) is 3.35. The second kappa shape index (κ2) is 6.37. The summed E-state index contributed by atoms with van der Waals surface area (Å²) in [6.07, 6.45) is 3.34. The van der Waals surface area contributed by atoms with Gasteiger partial charge in [0.05, 0.1) is 17.5 Å². The highest BCUT2D eigenvalue weighted by Crippen LogP contribution is 2.37. The minimum atomic E-state index is -3.63. The van der Waals surface area contributed by atoms with Crippen LogP contribution in [-0.4, -0.2) is 23.7 Å². The fourth-order valence-corrected chi connectivity index (χ4v) is 4.78. The Bertz CT molecular complexity index is 776. The molecule has 1 heterocycles. The average molecular weight is 334 g/mol. The van der Waals surface area contributed by atoms with Crippen LogP contribution in [0.25, 0.3) is 0 Å². The van der Waals surface area contributed by atoms with Crippen molar-refractivity contribution in [2.75, 3.05) is 0 Å². The van der Waals surface area contributed by atoms with Gasteiger partial charge in [-0.3, -0.25) is 4.98 Å². The smallest absolute Gasteiger partial charge is 0.219 e. The molecule has 0 aliphatic heterocycles. The van der Waals surface area contributed by atoms with Crippen molar-refractivity contribution in [2.24, 2.45) is 0 Å². The van der Waals surface area contributed by atoms with Crippen molar-refractivity contribution in [1.82, 2.24) is 9.29 Å². The molecule has 0 saturated heterocycles. The molecule has 1 aliphatic carbocycles. The van der Waals surface area contributed by atoms with E-state index >= 15 is 0 Å². The van der Waals surface area contributed by atoms with E-state index in [1.54, 1.807) is 24.4 Å². The van der Waals surface area contributed by atoms with Gasteiger partial charge in [-0.1, -0.05) is 24.3 Å². The molecule has 0 unspecified atom stereocenters. The lowest BCUT2D eigenvalue weighted by molar-refractivity contribution is 0.328. The molecule has 23 heavy (non-hydrogen) atoms. The van der Waals surface area contributed by atoms with Crippen LogP contribution < -0.4 is 0 Å². The first-order valence-corrected chi connectivity index (χ1v) is 9.25. The molecule has 0 radical (unpaired) electrons. The fraction of sp³-hybridized carbons (Fsp3) is 0.353. The van der Waals surface area contributed by atoms with Crippen molar-refractivity contribution in [3.05, 3.63) is 65.7 Å². The number of sulfonamides is 1. The Kier molecular flexibility index (Phi) is 4.46. The third kappa shape index (κ3) is 3.59. The third-order valence-corrected chi connectivity index (χ3v) is 5.95. The minimum absolute atomic E-state index is 0.0104. The SMILES string of the molecule is C[C@@H](c1ccccn1)N(C1CC1)S(=O)(=O)Cc1ccccc1F. The second-order valence-electron chi connectivity index (χ2n) is 5.84. The maximum atomic E-state index is 13.8. The molecular weight excluding hydrogens is 315 g/mol. The molecule has 122 valence electrons. The summed E-state index contributed by atoms with van der Waals surface area (Å²) >= 11 is 0. The molecule has 1 fully saturated rings. The van der Waals surface area contributed by atoms with Crippen LogP contribution >= 0.6 is 0 Å². The van der Waals surface area contributed by atoms with E-state index in [9.17, 15) is 12.8 Å². The number of nitrogens with zero attached hydrogens (tertiary/aromatic N) is 2. The zero-order valence-corrected chi connectivity index (χ0v) is 13.7. The van der Waals surface area contributed by atoms with Crippen LogP contribution in [0, 0.1) is 5.82 Å². The molecule has 2 aromatic rings. The Morgan fingerprint density at radius 3 is 2.52 bits per heavy atom. The van der Waals surface area contributed by atoms with Crippen molar-refractivity contribution >= 4 is 10.0 Å². The van der Waals surface area contributed by atoms with Crippen LogP contribution in [0.5, 0.6) is 0 Å². The summed E-state index contributed by atoms with van der Waals surface area (Å²) in [5.74, 6) is -0.815. The maximum absolute atomic E-state index is 13.8. The topological polar surface area (TPSA) is 50.3 Å². The molecule has 0 bridgehead atoms. The van der Waals surface area contributed by atoms with Crippen molar-refractivity contribution in [2.45, 2.75) is 37.6 Å². The van der Waals surface area contributed by atoms with Crippen LogP contribution in [0.4, 0.5) is 4.39 Å². The van der Waals surface area contributed by atoms with Gasteiger partial charge in [0.25, 0.3) is 0 Å². The number of aromatic nitrogens is 1. The van der Waals surface area contributed by atoms with Crippen LogP contribution in [0.3, 0.4) is 0 Å². The van der Waals surface area contributed by atoms with Crippen molar-refractivity contribution in [3.8, 4) is 0 Å². The highest BCUT2D eigenvalue weighted by Gasteiger charge is 2.41. The Morgan fingerprint density at radius 1 is 1.22 bits per heavy atom. The van der Waals surface area contributed by atoms with E-state index in [-0.39, 0.29) is 23.4 Å². The van der Waals surface area contributed by atoms with E-state index in [2.05, 4.69) is 4.98 Å². The van der Waals surface area contributed by atoms with Crippen LogP contribution in [0.2, 0.25) is 0 Å². The van der Waals surface area contributed by atoms with Gasteiger partial charge in [0, 0.05) is 17.8 Å². The first kappa shape index (κ1) is 16.1. The van der Waals surface area contributed by atoms with Gasteiger partial charge in [-0.2, -0.15) is 4.31 Å². The van der Waals surface area contributed by atoms with Crippen molar-refractivity contribution in [1.29, 1.82) is 0 Å². The Balaban J connectivity index is 1.90. The number of hydrogen-bond donors (Lipinski definition) is 0. The molecule has 6 heteroatoms. The van der Waals surface area contributed by atoms with Crippen LogP contribution in [0.1, 0.15) is 37.1 Å². The van der Waals surface area contributed by atoms with Crippen molar-refractivity contribution in [3.63, 3.8) is 0 Å². The number of pyridine rings is 1. The molecule has 0 spiro atoms. The predicted molar refractivity (Wildman–Crippen MR) is 86.5 cm³/mol. The second-order valence-corrected chi connectivity index (χ2v) is 7.71. The predicted octanol–water partition coefficient (Wildman–Crippen LogP) is 3.28. The minimum Gasteiger partial charge on any atom is -0.260 e. The van der Waals surface area contributed by atoms with Gasteiger partial charge < -0.3 is 0 Å². The summed E-state index contributed by atoms with van der Waals surface area (Å²) in [4.78, 5) is 4.27. The van der Waals surface area contributed by atoms with Crippen molar-refractivity contribution < 1.29 is 12.8 Å². The standard InChI is InChI=1S/C17H19FN2O2S/c1-13(17-8-4-5-11-19-17)20(15-9-10-15)23(21,22)12-14-6-2-3-7-16(14)18/h2-8,11,13,15H,9-10,12H2,1H3/t13-/m0/s1. The first-order chi connectivity index (χ1) is 11.0. The Labute approximate surface area is 136 Å². The van der Waals surface area contributed by atoms with Gasteiger partial charge in [0.2, 0.25) is 10.0 Å². The van der Waals surface area contributed by atoms with E-state index in [0.29, 0.717) is 5.69 Å². The molecule has 1 aromatic carbocycles. The van der Waals surface area contributed by atoms with Gasteiger partial charge in [0.15, 0.2) is 0 Å². The lowest BCUT2D eigenvalue weighted by Crippen LogP contribution is -2.36.